The molecule has 0 aliphatic carbocycles. The van der Waals surface area contributed by atoms with Crippen molar-refractivity contribution in [3.63, 3.8) is 0 Å². The van der Waals surface area contributed by atoms with Gasteiger partial charge in [-0.15, -0.1) is 5.10 Å². The standard InChI is InChI=1S/C15H17ClN4O/c16-13-4-2-1-3-12(13)14-17-18-15(21-14)20-10-9-19-7-5-11(20)6-8-19/h1-4,11H,5-10H2. The summed E-state index contributed by atoms with van der Waals surface area (Å²) in [5.41, 5.74) is 0.792. The minimum absolute atomic E-state index is 0.495. The van der Waals surface area contributed by atoms with Gasteiger partial charge in [0.1, 0.15) is 0 Å². The molecule has 3 saturated heterocycles. The quantitative estimate of drug-likeness (QED) is 0.853. The van der Waals surface area contributed by atoms with Crippen molar-refractivity contribution in [2.24, 2.45) is 0 Å². The van der Waals surface area contributed by atoms with Gasteiger partial charge in [0.2, 0.25) is 0 Å². The summed E-state index contributed by atoms with van der Waals surface area (Å²) >= 11 is 6.19. The molecule has 1 aromatic carbocycles. The minimum Gasteiger partial charge on any atom is -0.403 e. The molecule has 4 heterocycles. The summed E-state index contributed by atoms with van der Waals surface area (Å²) in [5.74, 6) is 0.495. The normalized spacial score (nSPS) is 25.1. The van der Waals surface area contributed by atoms with Crippen LogP contribution in [0.15, 0.2) is 28.7 Å². The minimum atomic E-state index is 0.495. The smallest absolute Gasteiger partial charge is 0.318 e. The second-order valence-electron chi connectivity index (χ2n) is 5.64. The Morgan fingerprint density at radius 2 is 1.86 bits per heavy atom. The molecule has 1 aromatic heterocycles. The number of aromatic nitrogens is 2. The number of benzene rings is 1. The fraction of sp³-hybridized carbons (Fsp3) is 0.467. The Bertz CT molecular complexity index is 636. The largest absolute Gasteiger partial charge is 0.403 e. The second kappa shape index (κ2) is 5.31. The third-order valence-corrected chi connectivity index (χ3v) is 4.75. The first-order valence-electron chi connectivity index (χ1n) is 7.39. The Morgan fingerprint density at radius 1 is 1.05 bits per heavy atom. The molecule has 6 heteroatoms. The third-order valence-electron chi connectivity index (χ3n) is 4.42. The number of hydrogen-bond donors (Lipinski definition) is 0. The lowest BCUT2D eigenvalue weighted by Gasteiger charge is -2.29. The molecule has 0 unspecified atom stereocenters. The van der Waals surface area contributed by atoms with Gasteiger partial charge in [0, 0.05) is 32.2 Å². The molecule has 0 atom stereocenters. The zero-order chi connectivity index (χ0) is 14.2. The number of hydrogen-bond acceptors (Lipinski definition) is 5. The molecular formula is C15H17ClN4O. The van der Waals surface area contributed by atoms with E-state index in [1.54, 1.807) is 0 Å². The fourth-order valence-corrected chi connectivity index (χ4v) is 3.43. The predicted molar refractivity (Wildman–Crippen MR) is 81.6 cm³/mol. The van der Waals surface area contributed by atoms with Crippen molar-refractivity contribution in [2.75, 3.05) is 31.1 Å². The summed E-state index contributed by atoms with van der Waals surface area (Å²) < 4.78 is 5.90. The van der Waals surface area contributed by atoms with E-state index in [1.165, 1.54) is 25.9 Å². The molecule has 3 aliphatic rings. The SMILES string of the molecule is Clc1ccccc1-c1nnc(N2CCN3CCC2CC3)o1. The van der Waals surface area contributed by atoms with Gasteiger partial charge in [0.15, 0.2) is 0 Å². The molecular weight excluding hydrogens is 288 g/mol. The third kappa shape index (κ3) is 2.40. The highest BCUT2D eigenvalue weighted by Crippen LogP contribution is 2.31. The van der Waals surface area contributed by atoms with Crippen molar-refractivity contribution in [1.82, 2.24) is 15.1 Å². The van der Waals surface area contributed by atoms with E-state index < -0.39 is 0 Å². The fourth-order valence-electron chi connectivity index (χ4n) is 3.21. The van der Waals surface area contributed by atoms with Crippen molar-refractivity contribution in [2.45, 2.75) is 18.9 Å². The Kier molecular flexibility index (Phi) is 3.31. The van der Waals surface area contributed by atoms with Crippen LogP contribution in [0.5, 0.6) is 0 Å². The molecule has 0 amide bonds. The highest BCUT2D eigenvalue weighted by molar-refractivity contribution is 6.33. The summed E-state index contributed by atoms with van der Waals surface area (Å²) in [6, 6.07) is 8.69. The number of piperidine rings is 1. The number of fused-ring (bicyclic) bond motifs is 4. The van der Waals surface area contributed by atoms with Crippen LogP contribution in [0.4, 0.5) is 6.01 Å². The number of nitrogens with zero attached hydrogens (tertiary/aromatic N) is 4. The molecule has 0 N–H and O–H groups in total. The van der Waals surface area contributed by atoms with Gasteiger partial charge in [-0.25, -0.2) is 0 Å². The Hall–Kier alpha value is -1.59. The summed E-state index contributed by atoms with van der Waals surface area (Å²) in [6.07, 6.45) is 2.34. The van der Waals surface area contributed by atoms with Crippen LogP contribution in [0.1, 0.15) is 12.8 Å². The van der Waals surface area contributed by atoms with Gasteiger partial charge < -0.3 is 14.2 Å². The lowest BCUT2D eigenvalue weighted by atomic mass is 10.1. The number of anilines is 1. The van der Waals surface area contributed by atoms with E-state index in [0.717, 1.165) is 18.7 Å². The van der Waals surface area contributed by atoms with E-state index in [-0.39, 0.29) is 0 Å². The zero-order valence-electron chi connectivity index (χ0n) is 11.7. The lowest BCUT2D eigenvalue weighted by molar-refractivity contribution is 0.249. The van der Waals surface area contributed by atoms with Crippen molar-refractivity contribution >= 4 is 17.6 Å². The summed E-state index contributed by atoms with van der Waals surface area (Å²) in [5, 5.41) is 9.06. The van der Waals surface area contributed by atoms with Crippen LogP contribution in [0.2, 0.25) is 5.02 Å². The molecule has 2 aromatic rings. The number of halogens is 1. The highest BCUT2D eigenvalue weighted by atomic mass is 35.5. The molecule has 3 aliphatic heterocycles. The van der Waals surface area contributed by atoms with Gasteiger partial charge in [0.25, 0.3) is 5.89 Å². The Labute approximate surface area is 128 Å². The van der Waals surface area contributed by atoms with Crippen molar-refractivity contribution in [1.29, 1.82) is 0 Å². The first kappa shape index (κ1) is 13.1. The van der Waals surface area contributed by atoms with Crippen LogP contribution in [0.3, 0.4) is 0 Å². The van der Waals surface area contributed by atoms with Gasteiger partial charge >= 0.3 is 6.01 Å². The maximum Gasteiger partial charge on any atom is 0.318 e. The van der Waals surface area contributed by atoms with Crippen molar-refractivity contribution in [3.8, 4) is 11.5 Å². The maximum absolute atomic E-state index is 6.19. The van der Waals surface area contributed by atoms with E-state index in [0.29, 0.717) is 23.0 Å². The van der Waals surface area contributed by atoms with E-state index in [4.69, 9.17) is 16.0 Å². The van der Waals surface area contributed by atoms with Crippen LogP contribution in [0.25, 0.3) is 11.5 Å². The topological polar surface area (TPSA) is 45.4 Å². The van der Waals surface area contributed by atoms with E-state index in [9.17, 15) is 0 Å². The summed E-state index contributed by atoms with van der Waals surface area (Å²) in [6.45, 7) is 4.37. The lowest BCUT2D eigenvalue weighted by Crippen LogP contribution is -2.38. The van der Waals surface area contributed by atoms with Crippen molar-refractivity contribution < 1.29 is 4.42 Å². The van der Waals surface area contributed by atoms with Gasteiger partial charge in [-0.05, 0) is 25.0 Å². The number of rotatable bonds is 2. The van der Waals surface area contributed by atoms with Gasteiger partial charge in [-0.2, -0.15) is 0 Å². The molecule has 110 valence electrons. The van der Waals surface area contributed by atoms with E-state index in [2.05, 4.69) is 20.0 Å². The summed E-state index contributed by atoms with van der Waals surface area (Å²) in [7, 11) is 0. The molecule has 5 rings (SSSR count). The average Bonchev–Trinajstić information content (AvgIpc) is 2.80. The highest BCUT2D eigenvalue weighted by Gasteiger charge is 2.31. The van der Waals surface area contributed by atoms with Crippen LogP contribution < -0.4 is 4.90 Å². The molecule has 0 spiro atoms. The molecule has 0 radical (unpaired) electrons. The van der Waals surface area contributed by atoms with Crippen LogP contribution in [-0.2, 0) is 0 Å². The van der Waals surface area contributed by atoms with Crippen LogP contribution in [0, 0.1) is 0 Å². The predicted octanol–water partition coefficient (Wildman–Crippen LogP) is 2.67. The van der Waals surface area contributed by atoms with E-state index >= 15 is 0 Å². The average molecular weight is 305 g/mol. The molecule has 21 heavy (non-hydrogen) atoms. The second-order valence-corrected chi connectivity index (χ2v) is 6.04. The van der Waals surface area contributed by atoms with Gasteiger partial charge in [0.05, 0.1) is 10.6 Å². The summed E-state index contributed by atoms with van der Waals surface area (Å²) in [4.78, 5) is 4.77. The molecule has 3 fully saturated rings. The zero-order valence-corrected chi connectivity index (χ0v) is 12.5. The first-order valence-corrected chi connectivity index (χ1v) is 7.76. The first-order chi connectivity index (χ1) is 10.3. The van der Waals surface area contributed by atoms with Crippen molar-refractivity contribution in [3.05, 3.63) is 29.3 Å². The molecule has 0 saturated carbocycles. The maximum atomic E-state index is 6.19. The molecule has 5 nitrogen and oxygen atoms in total. The van der Waals surface area contributed by atoms with Crippen LogP contribution >= 0.6 is 11.6 Å². The monoisotopic (exact) mass is 304 g/mol. The Morgan fingerprint density at radius 3 is 2.67 bits per heavy atom. The van der Waals surface area contributed by atoms with Crippen LogP contribution in [-0.4, -0.2) is 47.3 Å². The van der Waals surface area contributed by atoms with Gasteiger partial charge in [-0.3, -0.25) is 0 Å². The Balaban J connectivity index is 1.64. The molecule has 2 bridgehead atoms. The van der Waals surface area contributed by atoms with E-state index in [1.807, 2.05) is 24.3 Å². The van der Waals surface area contributed by atoms with Gasteiger partial charge in [-0.1, -0.05) is 28.8 Å².